The Morgan fingerprint density at radius 1 is 0.659 bits per heavy atom. The summed E-state index contributed by atoms with van der Waals surface area (Å²) in [6.45, 7) is -0.671. The molecule has 0 aliphatic rings. The number of ether oxygens (including phenoxy) is 4. The number of amides is 1. The Bertz CT molecular complexity index is 1830. The number of hydrogen-bond donors (Lipinski definition) is 2. The summed E-state index contributed by atoms with van der Waals surface area (Å²) < 4.78 is 78.2. The third-order valence-electron chi connectivity index (χ3n) is 6.36. The van der Waals surface area contributed by atoms with Gasteiger partial charge in [0.05, 0.1) is 43.9 Å². The van der Waals surface area contributed by atoms with Gasteiger partial charge in [-0.15, -0.1) is 0 Å². The molecule has 12 nitrogen and oxygen atoms in total. The molecule has 0 heterocycles. The molecule has 0 saturated heterocycles. The van der Waals surface area contributed by atoms with Crippen LogP contribution >= 0.6 is 0 Å². The molecule has 0 atom stereocenters. The van der Waals surface area contributed by atoms with Gasteiger partial charge in [-0.25, -0.2) is 16.8 Å². The highest BCUT2D eigenvalue weighted by Crippen LogP contribution is 2.37. The van der Waals surface area contributed by atoms with Crippen LogP contribution in [0.1, 0.15) is 0 Å². The summed E-state index contributed by atoms with van der Waals surface area (Å²) >= 11 is 0. The van der Waals surface area contributed by atoms with Crippen molar-refractivity contribution >= 4 is 43.0 Å². The first-order chi connectivity index (χ1) is 21.0. The summed E-state index contributed by atoms with van der Waals surface area (Å²) in [4.78, 5) is 13.1. The van der Waals surface area contributed by atoms with Crippen LogP contribution in [0.3, 0.4) is 0 Å². The molecule has 0 aromatic heterocycles. The number of methoxy groups -OCH3 is 4. The molecule has 0 aliphatic heterocycles. The lowest BCUT2D eigenvalue weighted by atomic mass is 10.2. The Labute approximate surface area is 256 Å². The molecule has 0 radical (unpaired) electrons. The fraction of sp³-hybridized carbons (Fsp3) is 0.167. The molecule has 0 bridgehead atoms. The number of rotatable bonds is 13. The first kappa shape index (κ1) is 32.0. The van der Waals surface area contributed by atoms with Crippen LogP contribution in [0.5, 0.6) is 23.0 Å². The highest BCUT2D eigenvalue weighted by atomic mass is 32.2. The number of hydrogen-bond acceptors (Lipinski definition) is 9. The summed E-state index contributed by atoms with van der Waals surface area (Å²) in [6, 6.07) is 22.4. The maximum absolute atomic E-state index is 14.0. The lowest BCUT2D eigenvalue weighted by Gasteiger charge is -2.26. The molecule has 0 fully saturated rings. The van der Waals surface area contributed by atoms with Crippen LogP contribution in [-0.2, 0) is 24.8 Å². The minimum absolute atomic E-state index is 0.0295. The summed E-state index contributed by atoms with van der Waals surface area (Å²) in [5.41, 5.74) is 0.688. The number of nitrogens with one attached hydrogen (secondary N) is 2. The van der Waals surface area contributed by atoms with Crippen LogP contribution in [0.4, 0.5) is 17.1 Å². The van der Waals surface area contributed by atoms with Crippen LogP contribution in [0.15, 0.2) is 101 Å². The Balaban J connectivity index is 1.64. The minimum Gasteiger partial charge on any atom is -0.497 e. The second-order valence-corrected chi connectivity index (χ2v) is 12.7. The molecule has 4 aromatic rings. The van der Waals surface area contributed by atoms with Crippen molar-refractivity contribution in [3.63, 3.8) is 0 Å². The van der Waals surface area contributed by atoms with Gasteiger partial charge in [-0.3, -0.25) is 13.8 Å². The van der Waals surface area contributed by atoms with E-state index in [0.717, 1.165) is 4.31 Å². The van der Waals surface area contributed by atoms with Crippen LogP contribution in [0, 0.1) is 0 Å². The van der Waals surface area contributed by atoms with Gasteiger partial charge in [0.25, 0.3) is 20.0 Å². The van der Waals surface area contributed by atoms with E-state index in [0.29, 0.717) is 17.2 Å². The zero-order valence-electron chi connectivity index (χ0n) is 24.3. The first-order valence-electron chi connectivity index (χ1n) is 13.0. The monoisotopic (exact) mass is 641 g/mol. The van der Waals surface area contributed by atoms with Crippen molar-refractivity contribution in [1.82, 2.24) is 0 Å². The lowest BCUT2D eigenvalue weighted by Crippen LogP contribution is -2.38. The van der Waals surface area contributed by atoms with Crippen LogP contribution < -0.4 is 33.3 Å². The molecule has 0 saturated carbocycles. The summed E-state index contributed by atoms with van der Waals surface area (Å²) in [7, 11) is -2.70. The topological polar surface area (TPSA) is 150 Å². The normalized spacial score (nSPS) is 11.3. The maximum Gasteiger partial charge on any atom is 0.265 e. The standard InChI is InChI=1S/C30H31N3O9S2/c1-39-23-12-16-27(40-2)26(18-23)33(44(37,38)25-15-17-28(41-3)29(19-25)42-4)20-30(34)31-21-10-13-24(14-11-21)43(35,36)32-22-8-6-5-7-9-22/h5-19,32H,20H2,1-4H3,(H,31,34). The SMILES string of the molecule is COc1ccc(OC)c(N(CC(=O)Nc2ccc(S(=O)(=O)Nc3ccccc3)cc2)S(=O)(=O)c2ccc(OC)c(OC)c2)c1. The predicted octanol–water partition coefficient (Wildman–Crippen LogP) is 4.36. The number of carbonyl (C=O) groups excluding carboxylic acids is 1. The largest absolute Gasteiger partial charge is 0.497 e. The van der Waals surface area contributed by atoms with E-state index in [1.807, 2.05) is 0 Å². The van der Waals surface area contributed by atoms with Crippen molar-refractivity contribution in [2.75, 3.05) is 49.3 Å². The van der Waals surface area contributed by atoms with Crippen LogP contribution in [0.2, 0.25) is 0 Å². The van der Waals surface area contributed by atoms with Crippen molar-refractivity contribution in [3.05, 3.63) is 91.0 Å². The molecule has 44 heavy (non-hydrogen) atoms. The predicted molar refractivity (Wildman–Crippen MR) is 166 cm³/mol. The van der Waals surface area contributed by atoms with Crippen LogP contribution in [0.25, 0.3) is 0 Å². The smallest absolute Gasteiger partial charge is 0.265 e. The average Bonchev–Trinajstić information content (AvgIpc) is 3.03. The second kappa shape index (κ2) is 13.6. The molecule has 232 valence electrons. The zero-order valence-corrected chi connectivity index (χ0v) is 25.9. The molecule has 0 spiro atoms. The van der Waals surface area contributed by atoms with Gasteiger partial charge in [0.2, 0.25) is 5.91 Å². The van der Waals surface area contributed by atoms with E-state index < -0.39 is 32.5 Å². The van der Waals surface area contributed by atoms with Gasteiger partial charge >= 0.3 is 0 Å². The van der Waals surface area contributed by atoms with Crippen molar-refractivity contribution in [2.24, 2.45) is 0 Å². The van der Waals surface area contributed by atoms with Crippen molar-refractivity contribution in [2.45, 2.75) is 9.79 Å². The van der Waals surface area contributed by atoms with Gasteiger partial charge in [-0.2, -0.15) is 0 Å². The van der Waals surface area contributed by atoms with Gasteiger partial charge in [0, 0.05) is 23.5 Å². The second-order valence-electron chi connectivity index (χ2n) is 9.11. The van der Waals surface area contributed by atoms with Crippen molar-refractivity contribution in [1.29, 1.82) is 0 Å². The third-order valence-corrected chi connectivity index (χ3v) is 9.51. The fourth-order valence-corrected chi connectivity index (χ4v) is 6.66. The average molecular weight is 642 g/mol. The molecular formula is C30H31N3O9S2. The minimum atomic E-state index is -4.40. The highest BCUT2D eigenvalue weighted by molar-refractivity contribution is 7.93. The quantitative estimate of drug-likeness (QED) is 0.217. The van der Waals surface area contributed by atoms with Crippen LogP contribution in [-0.4, -0.2) is 57.7 Å². The first-order valence-corrected chi connectivity index (χ1v) is 15.9. The Morgan fingerprint density at radius 2 is 1.27 bits per heavy atom. The third kappa shape index (κ3) is 7.15. The lowest BCUT2D eigenvalue weighted by molar-refractivity contribution is -0.114. The van der Waals surface area contributed by atoms with Crippen molar-refractivity contribution in [3.8, 4) is 23.0 Å². The number of carbonyl (C=O) groups is 1. The Morgan fingerprint density at radius 3 is 1.89 bits per heavy atom. The van der Waals surface area contributed by atoms with E-state index in [2.05, 4.69) is 10.0 Å². The van der Waals surface area contributed by atoms with E-state index in [4.69, 9.17) is 18.9 Å². The molecular weight excluding hydrogens is 610 g/mol. The van der Waals surface area contributed by atoms with Gasteiger partial charge < -0.3 is 24.3 Å². The van der Waals surface area contributed by atoms with E-state index >= 15 is 0 Å². The van der Waals surface area contributed by atoms with Gasteiger partial charge in [0.15, 0.2) is 11.5 Å². The van der Waals surface area contributed by atoms with E-state index in [1.165, 1.54) is 83.0 Å². The van der Waals surface area contributed by atoms with E-state index in [1.54, 1.807) is 36.4 Å². The summed E-state index contributed by atoms with van der Waals surface area (Å²) in [6.07, 6.45) is 0. The molecule has 4 rings (SSSR count). The summed E-state index contributed by atoms with van der Waals surface area (Å²) in [5.74, 6) is 0.279. The van der Waals surface area contributed by atoms with E-state index in [9.17, 15) is 21.6 Å². The molecule has 0 aliphatic carbocycles. The molecule has 4 aromatic carbocycles. The fourth-order valence-electron chi connectivity index (χ4n) is 4.16. The number of benzene rings is 4. The molecule has 14 heteroatoms. The molecule has 2 N–H and O–H groups in total. The highest BCUT2D eigenvalue weighted by Gasteiger charge is 2.31. The molecule has 0 unspecified atom stereocenters. The number of sulfonamides is 2. The van der Waals surface area contributed by atoms with Crippen molar-refractivity contribution < 1.29 is 40.6 Å². The number of nitrogens with zero attached hydrogens (tertiary/aromatic N) is 1. The van der Waals surface area contributed by atoms with Gasteiger partial charge in [-0.05, 0) is 60.7 Å². The summed E-state index contributed by atoms with van der Waals surface area (Å²) in [5, 5.41) is 2.62. The zero-order chi connectivity index (χ0) is 31.9. The number of para-hydroxylation sites is 1. The maximum atomic E-state index is 14.0. The Kier molecular flexibility index (Phi) is 9.86. The van der Waals surface area contributed by atoms with Gasteiger partial charge in [0.1, 0.15) is 18.0 Å². The Hall–Kier alpha value is -4.95. The van der Waals surface area contributed by atoms with Gasteiger partial charge in [-0.1, -0.05) is 18.2 Å². The number of anilines is 3. The molecule has 1 amide bonds. The van der Waals surface area contributed by atoms with E-state index in [-0.39, 0.29) is 32.7 Å².